The molecule has 2 aliphatic rings. The van der Waals surface area contributed by atoms with Crippen LogP contribution in [-0.4, -0.2) is 29.1 Å². The highest BCUT2D eigenvalue weighted by Gasteiger charge is 2.26. The molecule has 2 heterocycles. The fourth-order valence-corrected chi connectivity index (χ4v) is 5.10. The molecule has 2 unspecified atom stereocenters. The molecule has 0 spiro atoms. The molecule has 1 aliphatic heterocycles. The SMILES string of the molecule is CCC1CN(c2nc3c(s2)CCCC3N)CCS1. The van der Waals surface area contributed by atoms with E-state index in [0.29, 0.717) is 0 Å². The molecule has 3 nitrogen and oxygen atoms in total. The maximum Gasteiger partial charge on any atom is 0.185 e. The Morgan fingerprint density at radius 2 is 2.39 bits per heavy atom. The van der Waals surface area contributed by atoms with Gasteiger partial charge in [0.1, 0.15) is 0 Å². The minimum Gasteiger partial charge on any atom is -0.346 e. The predicted molar refractivity (Wildman–Crippen MR) is 80.7 cm³/mol. The first kappa shape index (κ1) is 12.8. The van der Waals surface area contributed by atoms with Crippen molar-refractivity contribution >= 4 is 28.2 Å². The van der Waals surface area contributed by atoms with E-state index < -0.39 is 0 Å². The summed E-state index contributed by atoms with van der Waals surface area (Å²) in [7, 11) is 0. The lowest BCUT2D eigenvalue weighted by Crippen LogP contribution is -2.37. The molecular formula is C13H21N3S2. The topological polar surface area (TPSA) is 42.2 Å². The van der Waals surface area contributed by atoms with Crippen molar-refractivity contribution in [1.29, 1.82) is 0 Å². The van der Waals surface area contributed by atoms with Gasteiger partial charge in [0.2, 0.25) is 0 Å². The molecule has 100 valence electrons. The molecular weight excluding hydrogens is 262 g/mol. The minimum atomic E-state index is 0.180. The summed E-state index contributed by atoms with van der Waals surface area (Å²) in [5, 5.41) is 1.99. The zero-order valence-corrected chi connectivity index (χ0v) is 12.5. The van der Waals surface area contributed by atoms with Crippen LogP contribution in [0.5, 0.6) is 0 Å². The lowest BCUT2D eigenvalue weighted by atomic mass is 9.99. The molecule has 2 N–H and O–H groups in total. The Hall–Kier alpha value is -0.260. The molecule has 1 saturated heterocycles. The second kappa shape index (κ2) is 5.39. The second-order valence-electron chi connectivity index (χ2n) is 5.15. The lowest BCUT2D eigenvalue weighted by Gasteiger charge is -2.31. The molecule has 0 bridgehead atoms. The van der Waals surface area contributed by atoms with Crippen molar-refractivity contribution in [3.8, 4) is 0 Å². The monoisotopic (exact) mass is 283 g/mol. The third-order valence-electron chi connectivity index (χ3n) is 3.85. The van der Waals surface area contributed by atoms with Gasteiger partial charge in [-0.2, -0.15) is 11.8 Å². The van der Waals surface area contributed by atoms with Gasteiger partial charge < -0.3 is 10.6 Å². The molecule has 3 rings (SSSR count). The molecule has 1 aromatic rings. The van der Waals surface area contributed by atoms with Gasteiger partial charge in [0.15, 0.2) is 5.13 Å². The van der Waals surface area contributed by atoms with Crippen LogP contribution < -0.4 is 10.6 Å². The van der Waals surface area contributed by atoms with Crippen LogP contribution in [0.15, 0.2) is 0 Å². The highest BCUT2D eigenvalue weighted by molar-refractivity contribution is 8.00. The molecule has 0 amide bonds. The first-order chi connectivity index (χ1) is 8.78. The number of hydrogen-bond acceptors (Lipinski definition) is 5. The number of thiazole rings is 1. The van der Waals surface area contributed by atoms with Crippen molar-refractivity contribution in [2.24, 2.45) is 5.73 Å². The third kappa shape index (κ3) is 2.40. The molecule has 1 aromatic heterocycles. The van der Waals surface area contributed by atoms with Crippen LogP contribution in [0.1, 0.15) is 42.8 Å². The number of rotatable bonds is 2. The van der Waals surface area contributed by atoms with Crippen molar-refractivity contribution in [2.75, 3.05) is 23.7 Å². The Balaban J connectivity index is 1.80. The maximum absolute atomic E-state index is 6.16. The smallest absolute Gasteiger partial charge is 0.185 e. The summed E-state index contributed by atoms with van der Waals surface area (Å²) in [4.78, 5) is 8.75. The van der Waals surface area contributed by atoms with Crippen LogP contribution in [0.4, 0.5) is 5.13 Å². The first-order valence-corrected chi connectivity index (χ1v) is 8.76. The van der Waals surface area contributed by atoms with E-state index >= 15 is 0 Å². The molecule has 1 aliphatic carbocycles. The highest BCUT2D eigenvalue weighted by Crippen LogP contribution is 2.37. The minimum absolute atomic E-state index is 0.180. The van der Waals surface area contributed by atoms with E-state index in [4.69, 9.17) is 10.7 Å². The Labute approximate surface area is 117 Å². The van der Waals surface area contributed by atoms with Gasteiger partial charge in [-0.25, -0.2) is 4.98 Å². The van der Waals surface area contributed by atoms with E-state index in [0.717, 1.165) is 24.8 Å². The van der Waals surface area contributed by atoms with Gasteiger partial charge in [-0.15, -0.1) is 11.3 Å². The van der Waals surface area contributed by atoms with E-state index in [2.05, 4.69) is 23.6 Å². The Morgan fingerprint density at radius 3 is 3.17 bits per heavy atom. The van der Waals surface area contributed by atoms with Crippen LogP contribution in [0, 0.1) is 0 Å². The molecule has 2 atom stereocenters. The van der Waals surface area contributed by atoms with Crippen molar-refractivity contribution in [1.82, 2.24) is 4.98 Å². The summed E-state index contributed by atoms with van der Waals surface area (Å²) in [6.07, 6.45) is 4.76. The zero-order chi connectivity index (χ0) is 12.5. The van der Waals surface area contributed by atoms with Crippen LogP contribution in [0.3, 0.4) is 0 Å². The van der Waals surface area contributed by atoms with Gasteiger partial charge in [-0.05, 0) is 25.7 Å². The summed E-state index contributed by atoms with van der Waals surface area (Å²) in [6.45, 7) is 4.58. The van der Waals surface area contributed by atoms with Gasteiger partial charge in [0.05, 0.1) is 5.69 Å². The first-order valence-electron chi connectivity index (χ1n) is 6.89. The van der Waals surface area contributed by atoms with Crippen molar-refractivity contribution in [3.05, 3.63) is 10.6 Å². The summed E-state index contributed by atoms with van der Waals surface area (Å²) in [5.41, 5.74) is 7.35. The number of nitrogens with two attached hydrogens (primary N) is 1. The van der Waals surface area contributed by atoms with Crippen molar-refractivity contribution in [2.45, 2.75) is 43.9 Å². The van der Waals surface area contributed by atoms with Crippen LogP contribution in [0.2, 0.25) is 0 Å². The summed E-state index contributed by atoms with van der Waals surface area (Å²) in [6, 6.07) is 0.180. The van der Waals surface area contributed by atoms with Gasteiger partial charge >= 0.3 is 0 Å². The van der Waals surface area contributed by atoms with E-state index in [-0.39, 0.29) is 6.04 Å². The van der Waals surface area contributed by atoms with E-state index in [1.807, 2.05) is 11.3 Å². The van der Waals surface area contributed by atoms with Crippen molar-refractivity contribution in [3.63, 3.8) is 0 Å². The average molecular weight is 283 g/mol. The average Bonchev–Trinajstić information content (AvgIpc) is 2.84. The zero-order valence-electron chi connectivity index (χ0n) is 10.9. The van der Waals surface area contributed by atoms with Gasteiger partial charge in [0, 0.05) is 35.0 Å². The lowest BCUT2D eigenvalue weighted by molar-refractivity contribution is 0.563. The number of anilines is 1. The Kier molecular flexibility index (Phi) is 3.82. The van der Waals surface area contributed by atoms with Crippen LogP contribution in [-0.2, 0) is 6.42 Å². The van der Waals surface area contributed by atoms with Crippen LogP contribution >= 0.6 is 23.1 Å². The normalized spacial score (nSPS) is 28.2. The molecule has 1 fully saturated rings. The molecule has 0 radical (unpaired) electrons. The largest absolute Gasteiger partial charge is 0.346 e. The fourth-order valence-electron chi connectivity index (χ4n) is 2.71. The maximum atomic E-state index is 6.16. The molecule has 5 heteroatoms. The standard InChI is InChI=1S/C13H21N3S2/c1-2-9-8-16(6-7-17-9)13-15-12-10(14)4-3-5-11(12)18-13/h9-10H,2-8,14H2,1H3. The third-order valence-corrected chi connectivity index (χ3v) is 6.41. The highest BCUT2D eigenvalue weighted by atomic mass is 32.2. The van der Waals surface area contributed by atoms with Crippen molar-refractivity contribution < 1.29 is 0 Å². The number of aromatic nitrogens is 1. The molecule has 0 aromatic carbocycles. The van der Waals surface area contributed by atoms with Gasteiger partial charge in [-0.1, -0.05) is 6.92 Å². The summed E-state index contributed by atoms with van der Waals surface area (Å²) >= 11 is 3.99. The van der Waals surface area contributed by atoms with Gasteiger partial charge in [-0.3, -0.25) is 0 Å². The Bertz CT molecular complexity index is 418. The van der Waals surface area contributed by atoms with Crippen LogP contribution in [0.25, 0.3) is 0 Å². The number of fused-ring (bicyclic) bond motifs is 1. The number of nitrogens with zero attached hydrogens (tertiary/aromatic N) is 2. The number of thioether (sulfide) groups is 1. The van der Waals surface area contributed by atoms with E-state index in [9.17, 15) is 0 Å². The summed E-state index contributed by atoms with van der Waals surface area (Å²) < 4.78 is 0. The predicted octanol–water partition coefficient (Wildman–Crippen LogP) is 2.81. The number of aryl methyl sites for hydroxylation is 1. The second-order valence-corrected chi connectivity index (χ2v) is 7.62. The Morgan fingerprint density at radius 1 is 1.50 bits per heavy atom. The summed E-state index contributed by atoms with van der Waals surface area (Å²) in [5.74, 6) is 1.23. The molecule has 0 saturated carbocycles. The quantitative estimate of drug-likeness (QED) is 0.906. The molecule has 18 heavy (non-hydrogen) atoms. The van der Waals surface area contributed by atoms with Gasteiger partial charge in [0.25, 0.3) is 0 Å². The van der Waals surface area contributed by atoms with E-state index in [1.54, 1.807) is 0 Å². The fraction of sp³-hybridized carbons (Fsp3) is 0.769. The number of hydrogen-bond donors (Lipinski definition) is 1. The van der Waals surface area contributed by atoms with E-state index in [1.165, 1.54) is 40.7 Å².